The van der Waals surface area contributed by atoms with Crippen LogP contribution >= 0.6 is 0 Å². The predicted octanol–water partition coefficient (Wildman–Crippen LogP) is 3.44. The summed E-state index contributed by atoms with van der Waals surface area (Å²) in [5.41, 5.74) is 2.52. The number of aromatic nitrogens is 1. The highest BCUT2D eigenvalue weighted by atomic mass is 16.5. The number of para-hydroxylation sites is 1. The van der Waals surface area contributed by atoms with Crippen molar-refractivity contribution in [2.45, 2.75) is 44.1 Å². The number of hydrogen-bond donors (Lipinski definition) is 1. The number of amides is 1. The number of H-pyrrole nitrogens is 1. The average molecular weight is 312 g/mol. The second-order valence-corrected chi connectivity index (χ2v) is 6.81. The Labute approximate surface area is 136 Å². The third-order valence-electron chi connectivity index (χ3n) is 5.26. The normalized spacial score (nSPS) is 22.8. The lowest BCUT2D eigenvalue weighted by Gasteiger charge is -2.32. The molecule has 2 saturated heterocycles. The monoisotopic (exact) mass is 312 g/mol. The standard InChI is InChI=1S/C19H24N2O2/c22-19(13-16-5-3-11-23-16)21-9-7-14(8-10-21)18-12-15-4-1-2-6-17(15)20-18/h1-2,4,6,12,14,16,20H,3,5,7-11,13H2/t16-/m0/s1. The fraction of sp³-hybridized carbons (Fsp3) is 0.526. The zero-order chi connectivity index (χ0) is 15.6. The van der Waals surface area contributed by atoms with E-state index in [4.69, 9.17) is 4.74 Å². The molecule has 2 aliphatic rings. The van der Waals surface area contributed by atoms with Crippen LogP contribution < -0.4 is 0 Å². The third kappa shape index (κ3) is 3.13. The van der Waals surface area contributed by atoms with Gasteiger partial charge in [0.15, 0.2) is 0 Å². The van der Waals surface area contributed by atoms with Gasteiger partial charge in [0, 0.05) is 36.8 Å². The van der Waals surface area contributed by atoms with Crippen LogP contribution in [0.25, 0.3) is 10.9 Å². The van der Waals surface area contributed by atoms with Crippen LogP contribution in [0.2, 0.25) is 0 Å². The molecule has 122 valence electrons. The van der Waals surface area contributed by atoms with Gasteiger partial charge in [-0.1, -0.05) is 18.2 Å². The first kappa shape index (κ1) is 14.8. The van der Waals surface area contributed by atoms with Gasteiger partial charge in [0.05, 0.1) is 12.5 Å². The topological polar surface area (TPSA) is 45.3 Å². The molecule has 0 aliphatic carbocycles. The number of likely N-dealkylation sites (tertiary alicyclic amines) is 1. The number of carbonyl (C=O) groups is 1. The molecule has 1 N–H and O–H groups in total. The average Bonchev–Trinajstić information content (AvgIpc) is 3.24. The predicted molar refractivity (Wildman–Crippen MR) is 90.4 cm³/mol. The molecule has 4 rings (SSSR count). The summed E-state index contributed by atoms with van der Waals surface area (Å²) in [4.78, 5) is 17.9. The van der Waals surface area contributed by atoms with Crippen LogP contribution in [0.1, 0.15) is 43.7 Å². The van der Waals surface area contributed by atoms with Crippen LogP contribution in [0, 0.1) is 0 Å². The van der Waals surface area contributed by atoms with Gasteiger partial charge in [-0.25, -0.2) is 0 Å². The van der Waals surface area contributed by atoms with Crippen molar-refractivity contribution in [1.29, 1.82) is 0 Å². The first-order valence-electron chi connectivity index (χ1n) is 8.76. The third-order valence-corrected chi connectivity index (χ3v) is 5.26. The fourth-order valence-corrected chi connectivity index (χ4v) is 3.88. The van der Waals surface area contributed by atoms with E-state index in [1.54, 1.807) is 0 Å². The molecular formula is C19H24N2O2. The van der Waals surface area contributed by atoms with Gasteiger partial charge in [-0.3, -0.25) is 4.79 Å². The van der Waals surface area contributed by atoms with Crippen molar-refractivity contribution in [1.82, 2.24) is 9.88 Å². The van der Waals surface area contributed by atoms with Crippen LogP contribution in [-0.4, -0.2) is 41.6 Å². The quantitative estimate of drug-likeness (QED) is 0.943. The largest absolute Gasteiger partial charge is 0.378 e. The van der Waals surface area contributed by atoms with Gasteiger partial charge in [-0.15, -0.1) is 0 Å². The SMILES string of the molecule is O=C(C[C@@H]1CCCO1)N1CCC(c2cc3ccccc3[nH]2)CC1. The van der Waals surface area contributed by atoms with Gasteiger partial charge in [0.25, 0.3) is 0 Å². The number of aromatic amines is 1. The summed E-state index contributed by atoms with van der Waals surface area (Å²) in [6.07, 6.45) is 4.96. The summed E-state index contributed by atoms with van der Waals surface area (Å²) in [5, 5.41) is 1.28. The highest BCUT2D eigenvalue weighted by Gasteiger charge is 2.27. The summed E-state index contributed by atoms with van der Waals surface area (Å²) >= 11 is 0. The molecule has 0 bridgehead atoms. The number of rotatable bonds is 3. The van der Waals surface area contributed by atoms with Crippen molar-refractivity contribution in [3.05, 3.63) is 36.0 Å². The van der Waals surface area contributed by atoms with E-state index < -0.39 is 0 Å². The second kappa shape index (κ2) is 6.36. The highest BCUT2D eigenvalue weighted by molar-refractivity contribution is 5.80. The first-order valence-corrected chi connectivity index (χ1v) is 8.76. The summed E-state index contributed by atoms with van der Waals surface area (Å²) in [7, 11) is 0. The molecule has 0 saturated carbocycles. The molecular weight excluding hydrogens is 288 g/mol. The van der Waals surface area contributed by atoms with Gasteiger partial charge in [-0.05, 0) is 43.2 Å². The molecule has 23 heavy (non-hydrogen) atoms. The van der Waals surface area contributed by atoms with Crippen LogP contribution in [-0.2, 0) is 9.53 Å². The van der Waals surface area contributed by atoms with Crippen molar-refractivity contribution in [2.24, 2.45) is 0 Å². The van der Waals surface area contributed by atoms with Crippen molar-refractivity contribution in [3.8, 4) is 0 Å². The Morgan fingerprint density at radius 2 is 2.04 bits per heavy atom. The Balaban J connectivity index is 1.35. The number of hydrogen-bond acceptors (Lipinski definition) is 2. The van der Waals surface area contributed by atoms with E-state index in [-0.39, 0.29) is 12.0 Å². The van der Waals surface area contributed by atoms with Gasteiger partial charge in [-0.2, -0.15) is 0 Å². The van der Waals surface area contributed by atoms with Crippen molar-refractivity contribution in [3.63, 3.8) is 0 Å². The number of nitrogens with zero attached hydrogens (tertiary/aromatic N) is 1. The van der Waals surface area contributed by atoms with Gasteiger partial charge in [0.2, 0.25) is 5.91 Å². The maximum absolute atomic E-state index is 12.4. The molecule has 2 aromatic rings. The van der Waals surface area contributed by atoms with Gasteiger partial charge >= 0.3 is 0 Å². The van der Waals surface area contributed by atoms with E-state index in [1.807, 2.05) is 4.90 Å². The van der Waals surface area contributed by atoms with Crippen LogP contribution in [0.5, 0.6) is 0 Å². The molecule has 1 aromatic carbocycles. The molecule has 2 fully saturated rings. The molecule has 0 radical (unpaired) electrons. The lowest BCUT2D eigenvalue weighted by molar-refractivity contribution is -0.134. The van der Waals surface area contributed by atoms with E-state index >= 15 is 0 Å². The maximum atomic E-state index is 12.4. The molecule has 2 aliphatic heterocycles. The Hall–Kier alpha value is -1.81. The summed E-state index contributed by atoms with van der Waals surface area (Å²) in [6.45, 7) is 2.55. The molecule has 1 aromatic heterocycles. The van der Waals surface area contributed by atoms with Crippen molar-refractivity contribution >= 4 is 16.8 Å². The Kier molecular flexibility index (Phi) is 4.08. The van der Waals surface area contributed by atoms with E-state index in [2.05, 4.69) is 35.3 Å². The second-order valence-electron chi connectivity index (χ2n) is 6.81. The van der Waals surface area contributed by atoms with Crippen LogP contribution in [0.3, 0.4) is 0 Å². The van der Waals surface area contributed by atoms with Crippen molar-refractivity contribution < 1.29 is 9.53 Å². The number of carbonyl (C=O) groups excluding carboxylic acids is 1. The van der Waals surface area contributed by atoms with Crippen molar-refractivity contribution in [2.75, 3.05) is 19.7 Å². The van der Waals surface area contributed by atoms with E-state index in [0.717, 1.165) is 45.4 Å². The molecule has 3 heterocycles. The van der Waals surface area contributed by atoms with E-state index in [9.17, 15) is 4.79 Å². The minimum absolute atomic E-state index is 0.161. The first-order chi connectivity index (χ1) is 11.3. The highest BCUT2D eigenvalue weighted by Crippen LogP contribution is 2.30. The van der Waals surface area contributed by atoms with Gasteiger partial charge < -0.3 is 14.6 Å². The molecule has 1 atom stereocenters. The number of fused-ring (bicyclic) bond motifs is 1. The molecule has 1 amide bonds. The Morgan fingerprint density at radius 3 is 2.78 bits per heavy atom. The summed E-state index contributed by atoms with van der Waals surface area (Å²) in [5.74, 6) is 0.807. The van der Waals surface area contributed by atoms with Crippen LogP contribution in [0.15, 0.2) is 30.3 Å². The zero-order valence-electron chi connectivity index (χ0n) is 13.5. The number of nitrogens with one attached hydrogen (secondary N) is 1. The maximum Gasteiger partial charge on any atom is 0.225 e. The summed E-state index contributed by atoms with van der Waals surface area (Å²) < 4.78 is 5.59. The van der Waals surface area contributed by atoms with Gasteiger partial charge in [0.1, 0.15) is 0 Å². The zero-order valence-corrected chi connectivity index (χ0v) is 13.5. The molecule has 0 unspecified atom stereocenters. The van der Waals surface area contributed by atoms with Crippen LogP contribution in [0.4, 0.5) is 0 Å². The lowest BCUT2D eigenvalue weighted by atomic mass is 9.93. The number of benzene rings is 1. The lowest BCUT2D eigenvalue weighted by Crippen LogP contribution is -2.39. The number of piperidine rings is 1. The molecule has 4 nitrogen and oxygen atoms in total. The summed E-state index contributed by atoms with van der Waals surface area (Å²) in [6, 6.07) is 10.7. The smallest absolute Gasteiger partial charge is 0.225 e. The fourth-order valence-electron chi connectivity index (χ4n) is 3.88. The minimum atomic E-state index is 0.161. The van der Waals surface area contributed by atoms with E-state index in [1.165, 1.54) is 16.6 Å². The Bertz CT molecular complexity index is 646. The van der Waals surface area contributed by atoms with E-state index in [0.29, 0.717) is 12.3 Å². The molecule has 0 spiro atoms. The number of ether oxygens (including phenoxy) is 1. The Morgan fingerprint density at radius 1 is 1.22 bits per heavy atom. The minimum Gasteiger partial charge on any atom is -0.378 e. The molecule has 4 heteroatoms.